The third-order valence-electron chi connectivity index (χ3n) is 3.63. The van der Waals surface area contributed by atoms with Gasteiger partial charge in [0.2, 0.25) is 6.41 Å². The van der Waals surface area contributed by atoms with Gasteiger partial charge in [0.25, 0.3) is 0 Å². The molecule has 1 heterocycles. The van der Waals surface area contributed by atoms with Gasteiger partial charge < -0.3 is 9.88 Å². The zero-order valence-corrected chi connectivity index (χ0v) is 12.2. The minimum atomic E-state index is -0.273. The monoisotopic (exact) mass is 297 g/mol. The van der Waals surface area contributed by atoms with E-state index in [1.807, 2.05) is 25.1 Å². The second-order valence-electron chi connectivity index (χ2n) is 5.11. The van der Waals surface area contributed by atoms with Gasteiger partial charge in [0.05, 0.1) is 11.0 Å². The fourth-order valence-electron chi connectivity index (χ4n) is 2.64. The third-order valence-corrected chi connectivity index (χ3v) is 3.63. The van der Waals surface area contributed by atoms with Gasteiger partial charge in [0, 0.05) is 18.7 Å². The van der Waals surface area contributed by atoms with Gasteiger partial charge in [0.15, 0.2) is 0 Å². The SMILES string of the molecule is Cc1cccc2nc(-c3ccc(F)cc3)n(CCNC=O)c12. The van der Waals surface area contributed by atoms with Crippen LogP contribution in [0.15, 0.2) is 42.5 Å². The Bertz CT molecular complexity index is 809. The van der Waals surface area contributed by atoms with Crippen LogP contribution in [0.25, 0.3) is 22.4 Å². The standard InChI is InChI=1S/C17H16FN3O/c1-12-3-2-4-15-16(12)21(10-9-19-11-22)17(20-15)13-5-7-14(18)8-6-13/h2-8,11H,9-10H2,1H3,(H,19,22). The first-order chi connectivity index (χ1) is 10.7. The topological polar surface area (TPSA) is 46.9 Å². The fourth-order valence-corrected chi connectivity index (χ4v) is 2.64. The molecule has 0 aliphatic carbocycles. The van der Waals surface area contributed by atoms with Crippen molar-refractivity contribution >= 4 is 17.4 Å². The van der Waals surface area contributed by atoms with Gasteiger partial charge in [-0.25, -0.2) is 9.37 Å². The lowest BCUT2D eigenvalue weighted by Crippen LogP contribution is -2.18. The minimum absolute atomic E-state index is 0.273. The number of carbonyl (C=O) groups is 1. The zero-order valence-electron chi connectivity index (χ0n) is 12.2. The molecule has 0 unspecified atom stereocenters. The Labute approximate surface area is 127 Å². The molecule has 1 aromatic heterocycles. The number of benzene rings is 2. The van der Waals surface area contributed by atoms with E-state index in [2.05, 4.69) is 14.9 Å². The summed E-state index contributed by atoms with van der Waals surface area (Å²) in [5.41, 5.74) is 3.90. The number of fused-ring (bicyclic) bond motifs is 1. The predicted molar refractivity (Wildman–Crippen MR) is 83.9 cm³/mol. The minimum Gasteiger partial charge on any atom is -0.357 e. The molecule has 2 aromatic carbocycles. The Hall–Kier alpha value is -2.69. The van der Waals surface area contributed by atoms with E-state index in [4.69, 9.17) is 0 Å². The number of nitrogens with one attached hydrogen (secondary N) is 1. The number of imidazole rings is 1. The molecule has 0 radical (unpaired) electrons. The smallest absolute Gasteiger partial charge is 0.207 e. The lowest BCUT2D eigenvalue weighted by atomic mass is 10.2. The van der Waals surface area contributed by atoms with Crippen LogP contribution in [0.3, 0.4) is 0 Å². The molecule has 1 amide bonds. The molecule has 0 aliphatic rings. The Morgan fingerprint density at radius 1 is 1.23 bits per heavy atom. The van der Waals surface area contributed by atoms with Crippen LogP contribution in [-0.2, 0) is 11.3 Å². The lowest BCUT2D eigenvalue weighted by Gasteiger charge is -2.10. The molecule has 3 aromatic rings. The van der Waals surface area contributed by atoms with Gasteiger partial charge in [-0.1, -0.05) is 12.1 Å². The van der Waals surface area contributed by atoms with Crippen LogP contribution in [0, 0.1) is 12.7 Å². The number of hydrogen-bond donors (Lipinski definition) is 1. The molecule has 0 fully saturated rings. The molecule has 0 bridgehead atoms. The van der Waals surface area contributed by atoms with Crippen LogP contribution < -0.4 is 5.32 Å². The van der Waals surface area contributed by atoms with Crippen molar-refractivity contribution in [1.29, 1.82) is 0 Å². The van der Waals surface area contributed by atoms with E-state index >= 15 is 0 Å². The first kappa shape index (κ1) is 14.3. The molecule has 22 heavy (non-hydrogen) atoms. The van der Waals surface area contributed by atoms with Crippen molar-refractivity contribution in [2.75, 3.05) is 6.54 Å². The molecule has 0 saturated carbocycles. The van der Waals surface area contributed by atoms with Crippen molar-refractivity contribution in [1.82, 2.24) is 14.9 Å². The van der Waals surface area contributed by atoms with Crippen LogP contribution in [0.4, 0.5) is 4.39 Å². The van der Waals surface area contributed by atoms with E-state index in [1.54, 1.807) is 12.1 Å². The summed E-state index contributed by atoms with van der Waals surface area (Å²) >= 11 is 0. The van der Waals surface area contributed by atoms with Crippen LogP contribution in [0.1, 0.15) is 5.56 Å². The number of para-hydroxylation sites is 1. The molecule has 0 atom stereocenters. The molecule has 3 rings (SSSR count). The molecule has 0 aliphatic heterocycles. The number of nitrogens with zero attached hydrogens (tertiary/aromatic N) is 2. The van der Waals surface area contributed by atoms with E-state index in [0.717, 1.165) is 28.0 Å². The average Bonchev–Trinajstić information content (AvgIpc) is 2.88. The quantitative estimate of drug-likeness (QED) is 0.581. The van der Waals surface area contributed by atoms with Gasteiger partial charge in [-0.05, 0) is 42.8 Å². The summed E-state index contributed by atoms with van der Waals surface area (Å²) in [6, 6.07) is 12.2. The Balaban J connectivity index is 2.15. The van der Waals surface area contributed by atoms with E-state index in [0.29, 0.717) is 19.5 Å². The van der Waals surface area contributed by atoms with Gasteiger partial charge in [0.1, 0.15) is 11.6 Å². The van der Waals surface area contributed by atoms with Crippen molar-refractivity contribution in [2.45, 2.75) is 13.5 Å². The number of hydrogen-bond acceptors (Lipinski definition) is 2. The Morgan fingerprint density at radius 2 is 2.00 bits per heavy atom. The maximum absolute atomic E-state index is 13.1. The lowest BCUT2D eigenvalue weighted by molar-refractivity contribution is -0.109. The van der Waals surface area contributed by atoms with E-state index in [9.17, 15) is 9.18 Å². The van der Waals surface area contributed by atoms with Crippen LogP contribution in [0.5, 0.6) is 0 Å². The first-order valence-corrected chi connectivity index (χ1v) is 7.09. The Kier molecular flexibility index (Phi) is 3.87. The van der Waals surface area contributed by atoms with Crippen LogP contribution in [0.2, 0.25) is 0 Å². The van der Waals surface area contributed by atoms with E-state index < -0.39 is 0 Å². The fraction of sp³-hybridized carbons (Fsp3) is 0.176. The zero-order chi connectivity index (χ0) is 15.5. The van der Waals surface area contributed by atoms with Gasteiger partial charge in [-0.2, -0.15) is 0 Å². The molecule has 0 saturated heterocycles. The maximum atomic E-state index is 13.1. The number of rotatable bonds is 5. The largest absolute Gasteiger partial charge is 0.357 e. The van der Waals surface area contributed by atoms with E-state index in [-0.39, 0.29) is 5.82 Å². The molecular weight excluding hydrogens is 281 g/mol. The third kappa shape index (κ3) is 2.57. The highest BCUT2D eigenvalue weighted by Crippen LogP contribution is 2.26. The highest BCUT2D eigenvalue weighted by Gasteiger charge is 2.13. The van der Waals surface area contributed by atoms with Gasteiger partial charge in [-0.3, -0.25) is 4.79 Å². The highest BCUT2D eigenvalue weighted by molar-refractivity contribution is 5.83. The predicted octanol–water partition coefficient (Wildman–Crippen LogP) is 2.90. The first-order valence-electron chi connectivity index (χ1n) is 7.09. The number of amides is 1. The van der Waals surface area contributed by atoms with Gasteiger partial charge in [-0.15, -0.1) is 0 Å². The van der Waals surface area contributed by atoms with Crippen molar-refractivity contribution < 1.29 is 9.18 Å². The molecule has 112 valence electrons. The molecule has 1 N–H and O–H groups in total. The number of aromatic nitrogens is 2. The van der Waals surface area contributed by atoms with Crippen molar-refractivity contribution in [3.63, 3.8) is 0 Å². The second-order valence-corrected chi connectivity index (χ2v) is 5.11. The summed E-state index contributed by atoms with van der Waals surface area (Å²) in [7, 11) is 0. The number of carbonyl (C=O) groups excluding carboxylic acids is 1. The molecule has 5 heteroatoms. The summed E-state index contributed by atoms with van der Waals surface area (Å²) < 4.78 is 15.2. The Morgan fingerprint density at radius 3 is 2.73 bits per heavy atom. The molecule has 0 spiro atoms. The highest BCUT2D eigenvalue weighted by atomic mass is 19.1. The van der Waals surface area contributed by atoms with E-state index in [1.165, 1.54) is 12.1 Å². The maximum Gasteiger partial charge on any atom is 0.207 e. The van der Waals surface area contributed by atoms with Crippen LogP contribution >= 0.6 is 0 Å². The average molecular weight is 297 g/mol. The summed E-state index contributed by atoms with van der Waals surface area (Å²) in [4.78, 5) is 15.2. The van der Waals surface area contributed by atoms with Crippen molar-refractivity contribution in [3.8, 4) is 11.4 Å². The summed E-state index contributed by atoms with van der Waals surface area (Å²) in [6.07, 6.45) is 0.684. The van der Waals surface area contributed by atoms with Crippen molar-refractivity contribution in [3.05, 3.63) is 53.8 Å². The summed E-state index contributed by atoms with van der Waals surface area (Å²) in [5.74, 6) is 0.502. The van der Waals surface area contributed by atoms with Crippen molar-refractivity contribution in [2.24, 2.45) is 0 Å². The number of halogens is 1. The molecular formula is C17H16FN3O. The van der Waals surface area contributed by atoms with Gasteiger partial charge >= 0.3 is 0 Å². The summed E-state index contributed by atoms with van der Waals surface area (Å²) in [5, 5.41) is 2.67. The van der Waals surface area contributed by atoms with Crippen LogP contribution in [-0.4, -0.2) is 22.5 Å². The molecule has 4 nitrogen and oxygen atoms in total. The summed E-state index contributed by atoms with van der Waals surface area (Å²) in [6.45, 7) is 3.15. The normalized spacial score (nSPS) is 10.8. The second kappa shape index (κ2) is 5.97. The number of aryl methyl sites for hydroxylation is 1.